The molecule has 94 valence electrons. The summed E-state index contributed by atoms with van der Waals surface area (Å²) < 4.78 is 5.24. The lowest BCUT2D eigenvalue weighted by Gasteiger charge is -2.19. The minimum absolute atomic E-state index is 0.0266. The van der Waals surface area contributed by atoms with Crippen LogP contribution in [0.3, 0.4) is 0 Å². The molecule has 0 saturated carbocycles. The van der Waals surface area contributed by atoms with Crippen molar-refractivity contribution in [1.82, 2.24) is 5.32 Å². The predicted octanol–water partition coefficient (Wildman–Crippen LogP) is 1.03. The Kier molecular flexibility index (Phi) is 6.03. The standard InChI is InChI=1S/C11H21NO4/c1-5-16-8(2)7-12-9(13)6-11(3,4)10(14)15/h8H,5-7H2,1-4H3,(H,12,13)(H,14,15). The first-order valence-electron chi connectivity index (χ1n) is 5.41. The summed E-state index contributed by atoms with van der Waals surface area (Å²) in [6.45, 7) is 7.79. The number of amides is 1. The van der Waals surface area contributed by atoms with Crippen molar-refractivity contribution in [1.29, 1.82) is 0 Å². The van der Waals surface area contributed by atoms with Crippen molar-refractivity contribution in [3.63, 3.8) is 0 Å². The second-order valence-electron chi connectivity index (χ2n) is 4.44. The summed E-state index contributed by atoms with van der Waals surface area (Å²) in [6.07, 6.45) is -0.0804. The normalized spacial score (nSPS) is 13.2. The second kappa shape index (κ2) is 6.48. The third-order valence-electron chi connectivity index (χ3n) is 2.22. The second-order valence-corrected chi connectivity index (χ2v) is 4.44. The fraction of sp³-hybridized carbons (Fsp3) is 0.818. The van der Waals surface area contributed by atoms with Crippen LogP contribution < -0.4 is 5.32 Å². The van der Waals surface area contributed by atoms with Gasteiger partial charge >= 0.3 is 5.97 Å². The third-order valence-corrected chi connectivity index (χ3v) is 2.22. The van der Waals surface area contributed by atoms with E-state index >= 15 is 0 Å². The van der Waals surface area contributed by atoms with Gasteiger partial charge in [-0.3, -0.25) is 9.59 Å². The van der Waals surface area contributed by atoms with Gasteiger partial charge in [-0.1, -0.05) is 0 Å². The van der Waals surface area contributed by atoms with Crippen molar-refractivity contribution < 1.29 is 19.4 Å². The number of aliphatic carboxylic acids is 1. The first-order valence-corrected chi connectivity index (χ1v) is 5.41. The molecular formula is C11H21NO4. The number of carboxylic acids is 1. The number of ether oxygens (including phenoxy) is 1. The highest BCUT2D eigenvalue weighted by Gasteiger charge is 2.30. The van der Waals surface area contributed by atoms with E-state index in [9.17, 15) is 9.59 Å². The van der Waals surface area contributed by atoms with Gasteiger partial charge in [0.05, 0.1) is 11.5 Å². The molecule has 0 aliphatic heterocycles. The van der Waals surface area contributed by atoms with Gasteiger partial charge in [-0.15, -0.1) is 0 Å². The SMILES string of the molecule is CCOC(C)CNC(=O)CC(C)(C)C(=O)O. The Labute approximate surface area is 96.2 Å². The Morgan fingerprint density at radius 1 is 1.44 bits per heavy atom. The smallest absolute Gasteiger partial charge is 0.309 e. The lowest BCUT2D eigenvalue weighted by molar-refractivity contribution is -0.149. The summed E-state index contributed by atoms with van der Waals surface area (Å²) in [5.74, 6) is -1.24. The van der Waals surface area contributed by atoms with Crippen LogP contribution in [-0.4, -0.2) is 36.2 Å². The highest BCUT2D eigenvalue weighted by atomic mass is 16.5. The van der Waals surface area contributed by atoms with E-state index in [1.807, 2.05) is 13.8 Å². The zero-order chi connectivity index (χ0) is 12.8. The molecule has 0 aliphatic carbocycles. The Morgan fingerprint density at radius 2 is 2.00 bits per heavy atom. The number of carboxylic acid groups (broad SMARTS) is 1. The largest absolute Gasteiger partial charge is 0.481 e. The molecule has 1 unspecified atom stereocenters. The summed E-state index contributed by atoms with van der Waals surface area (Å²) in [5.41, 5.74) is -1.03. The Hall–Kier alpha value is -1.10. The maximum atomic E-state index is 11.4. The highest BCUT2D eigenvalue weighted by molar-refractivity contribution is 5.84. The number of hydrogen-bond donors (Lipinski definition) is 2. The minimum Gasteiger partial charge on any atom is -0.481 e. The van der Waals surface area contributed by atoms with Crippen molar-refractivity contribution in [3.8, 4) is 0 Å². The first-order chi connectivity index (χ1) is 7.29. The van der Waals surface area contributed by atoms with Crippen molar-refractivity contribution in [2.45, 2.75) is 40.2 Å². The minimum atomic E-state index is -1.03. The van der Waals surface area contributed by atoms with Crippen LogP contribution in [0.4, 0.5) is 0 Å². The molecule has 5 nitrogen and oxygen atoms in total. The van der Waals surface area contributed by atoms with Crippen molar-refractivity contribution in [2.75, 3.05) is 13.2 Å². The molecule has 0 rings (SSSR count). The quantitative estimate of drug-likeness (QED) is 0.686. The van der Waals surface area contributed by atoms with Gasteiger partial charge in [0.2, 0.25) is 5.91 Å². The molecule has 0 saturated heterocycles. The van der Waals surface area contributed by atoms with Crippen LogP contribution in [0.25, 0.3) is 0 Å². The number of carbonyl (C=O) groups excluding carboxylic acids is 1. The van der Waals surface area contributed by atoms with Gasteiger partial charge in [0.15, 0.2) is 0 Å². The van der Waals surface area contributed by atoms with Crippen molar-refractivity contribution in [2.24, 2.45) is 5.41 Å². The summed E-state index contributed by atoms with van der Waals surface area (Å²) >= 11 is 0. The van der Waals surface area contributed by atoms with E-state index < -0.39 is 11.4 Å². The molecule has 0 fully saturated rings. The first kappa shape index (κ1) is 14.9. The van der Waals surface area contributed by atoms with E-state index in [1.54, 1.807) is 0 Å². The van der Waals surface area contributed by atoms with Crippen LogP contribution in [0.1, 0.15) is 34.1 Å². The van der Waals surface area contributed by atoms with Crippen LogP contribution in [0.5, 0.6) is 0 Å². The molecule has 0 bridgehead atoms. The zero-order valence-corrected chi connectivity index (χ0v) is 10.4. The monoisotopic (exact) mass is 231 g/mol. The molecule has 0 radical (unpaired) electrons. The fourth-order valence-corrected chi connectivity index (χ4v) is 1.14. The maximum absolute atomic E-state index is 11.4. The third kappa shape index (κ3) is 5.70. The van der Waals surface area contributed by atoms with E-state index in [0.29, 0.717) is 13.2 Å². The Bertz CT molecular complexity index is 250. The summed E-state index contributed by atoms with van der Waals surface area (Å²) in [4.78, 5) is 22.2. The molecule has 0 aromatic heterocycles. The van der Waals surface area contributed by atoms with Gasteiger partial charge in [-0.05, 0) is 27.7 Å². The van der Waals surface area contributed by atoms with Gasteiger partial charge in [-0.2, -0.15) is 0 Å². The topological polar surface area (TPSA) is 75.6 Å². The summed E-state index contributed by atoms with van der Waals surface area (Å²) in [7, 11) is 0. The van der Waals surface area contributed by atoms with Gasteiger partial charge in [-0.25, -0.2) is 0 Å². The van der Waals surface area contributed by atoms with Gasteiger partial charge < -0.3 is 15.2 Å². The molecule has 0 heterocycles. The van der Waals surface area contributed by atoms with Crippen molar-refractivity contribution >= 4 is 11.9 Å². The summed E-state index contributed by atoms with van der Waals surface area (Å²) in [5, 5.41) is 11.5. The maximum Gasteiger partial charge on any atom is 0.309 e. The van der Waals surface area contributed by atoms with Crippen molar-refractivity contribution in [3.05, 3.63) is 0 Å². The number of hydrogen-bond acceptors (Lipinski definition) is 3. The molecule has 5 heteroatoms. The lowest BCUT2D eigenvalue weighted by atomic mass is 9.89. The fourth-order valence-electron chi connectivity index (χ4n) is 1.14. The van der Waals surface area contributed by atoms with Crippen LogP contribution in [0.2, 0.25) is 0 Å². The zero-order valence-electron chi connectivity index (χ0n) is 10.4. The molecule has 0 aromatic carbocycles. The van der Waals surface area contributed by atoms with E-state index in [2.05, 4.69) is 5.32 Å². The molecule has 16 heavy (non-hydrogen) atoms. The molecule has 2 N–H and O–H groups in total. The average molecular weight is 231 g/mol. The number of carbonyl (C=O) groups is 2. The van der Waals surface area contributed by atoms with Crippen LogP contribution in [0, 0.1) is 5.41 Å². The van der Waals surface area contributed by atoms with Crippen LogP contribution >= 0.6 is 0 Å². The van der Waals surface area contributed by atoms with E-state index in [0.717, 1.165) is 0 Å². The van der Waals surface area contributed by atoms with E-state index in [4.69, 9.17) is 9.84 Å². The van der Waals surface area contributed by atoms with Gasteiger partial charge in [0, 0.05) is 19.6 Å². The lowest BCUT2D eigenvalue weighted by Crippen LogP contribution is -2.37. The molecule has 1 atom stereocenters. The number of nitrogens with one attached hydrogen (secondary N) is 1. The Balaban J connectivity index is 3.96. The molecule has 1 amide bonds. The molecular weight excluding hydrogens is 210 g/mol. The van der Waals surface area contributed by atoms with Crippen LogP contribution in [-0.2, 0) is 14.3 Å². The molecule has 0 aliphatic rings. The molecule has 0 spiro atoms. The van der Waals surface area contributed by atoms with Gasteiger partial charge in [0.1, 0.15) is 0 Å². The van der Waals surface area contributed by atoms with Gasteiger partial charge in [0.25, 0.3) is 0 Å². The van der Waals surface area contributed by atoms with E-state index in [-0.39, 0.29) is 18.4 Å². The molecule has 0 aromatic rings. The van der Waals surface area contributed by atoms with E-state index in [1.165, 1.54) is 13.8 Å². The predicted molar refractivity (Wildman–Crippen MR) is 60.1 cm³/mol. The highest BCUT2D eigenvalue weighted by Crippen LogP contribution is 2.19. The van der Waals surface area contributed by atoms with Crippen LogP contribution in [0.15, 0.2) is 0 Å². The number of rotatable bonds is 7. The average Bonchev–Trinajstić information content (AvgIpc) is 2.14. The Morgan fingerprint density at radius 3 is 2.44 bits per heavy atom. The summed E-state index contributed by atoms with van der Waals surface area (Å²) in [6, 6.07) is 0.